The summed E-state index contributed by atoms with van der Waals surface area (Å²) in [7, 11) is -3.47. The van der Waals surface area contributed by atoms with Crippen LogP contribution >= 0.6 is 11.3 Å². The van der Waals surface area contributed by atoms with E-state index in [2.05, 4.69) is 25.8 Å². The first-order valence-corrected chi connectivity index (χ1v) is 14.7. The van der Waals surface area contributed by atoms with Crippen molar-refractivity contribution < 1.29 is 13.2 Å². The number of nitrogen functional groups attached to an aromatic ring is 1. The van der Waals surface area contributed by atoms with Crippen LogP contribution in [0.1, 0.15) is 4.88 Å². The molecule has 1 aromatic carbocycles. The number of benzene rings is 1. The van der Waals surface area contributed by atoms with Crippen molar-refractivity contribution in [3.05, 3.63) is 53.7 Å². The molecule has 198 valence electrons. The lowest BCUT2D eigenvalue weighted by Crippen LogP contribution is -2.48. The molecule has 0 amide bonds. The number of ether oxygens (including phenoxy) is 1. The van der Waals surface area contributed by atoms with Crippen molar-refractivity contribution in [3.63, 3.8) is 0 Å². The van der Waals surface area contributed by atoms with Crippen molar-refractivity contribution in [2.75, 3.05) is 63.1 Å². The SMILES string of the molecule is Nc1ncc(-c2nc(N3CCOCC3)c3sc(CN4CCN(S(=O)(=O)c5ccccc5)CC4)cc3n2)cn1. The zero-order chi connectivity index (χ0) is 26.1. The highest BCUT2D eigenvalue weighted by Gasteiger charge is 2.29. The zero-order valence-electron chi connectivity index (χ0n) is 20.7. The summed E-state index contributed by atoms with van der Waals surface area (Å²) in [4.78, 5) is 24.0. The fraction of sp³-hybridized carbons (Fsp3) is 0.360. The Balaban J connectivity index is 1.23. The van der Waals surface area contributed by atoms with Crippen LogP contribution in [0, 0.1) is 0 Å². The van der Waals surface area contributed by atoms with Crippen molar-refractivity contribution in [3.8, 4) is 11.4 Å². The van der Waals surface area contributed by atoms with E-state index in [0.717, 1.165) is 40.5 Å². The Morgan fingerprint density at radius 3 is 2.37 bits per heavy atom. The summed E-state index contributed by atoms with van der Waals surface area (Å²) in [5.74, 6) is 1.65. The molecule has 0 spiro atoms. The van der Waals surface area contributed by atoms with E-state index in [1.807, 2.05) is 6.07 Å². The van der Waals surface area contributed by atoms with Gasteiger partial charge in [-0.25, -0.2) is 28.4 Å². The van der Waals surface area contributed by atoms with Crippen LogP contribution in [0.25, 0.3) is 21.6 Å². The summed E-state index contributed by atoms with van der Waals surface area (Å²) in [6.45, 7) is 5.80. The van der Waals surface area contributed by atoms with Gasteiger partial charge in [0.15, 0.2) is 11.6 Å². The van der Waals surface area contributed by atoms with Crippen LogP contribution in [0.4, 0.5) is 11.8 Å². The molecule has 0 aliphatic carbocycles. The Bertz CT molecular complexity index is 1520. The molecule has 0 bridgehead atoms. The second kappa shape index (κ2) is 10.5. The predicted molar refractivity (Wildman–Crippen MR) is 146 cm³/mol. The molecule has 2 saturated heterocycles. The highest BCUT2D eigenvalue weighted by atomic mass is 32.2. The maximum Gasteiger partial charge on any atom is 0.243 e. The molecule has 6 rings (SSSR count). The summed E-state index contributed by atoms with van der Waals surface area (Å²) in [6, 6.07) is 10.7. The lowest BCUT2D eigenvalue weighted by Gasteiger charge is -2.33. The Labute approximate surface area is 225 Å². The average molecular weight is 553 g/mol. The molecule has 2 N–H and O–H groups in total. The van der Waals surface area contributed by atoms with Gasteiger partial charge in [0.2, 0.25) is 16.0 Å². The van der Waals surface area contributed by atoms with Gasteiger partial charge < -0.3 is 15.4 Å². The maximum atomic E-state index is 13.0. The number of nitrogens with two attached hydrogens (primary N) is 1. The largest absolute Gasteiger partial charge is 0.378 e. The Kier molecular flexibility index (Phi) is 6.93. The number of nitrogens with zero attached hydrogens (tertiary/aromatic N) is 7. The third kappa shape index (κ3) is 5.07. The van der Waals surface area contributed by atoms with Crippen molar-refractivity contribution >= 4 is 43.3 Å². The van der Waals surface area contributed by atoms with Gasteiger partial charge in [-0.15, -0.1) is 11.3 Å². The van der Waals surface area contributed by atoms with Crippen LogP contribution in [-0.4, -0.2) is 90.0 Å². The molecule has 4 aromatic rings. The van der Waals surface area contributed by atoms with Gasteiger partial charge in [0.1, 0.15) is 0 Å². The first kappa shape index (κ1) is 25.1. The lowest BCUT2D eigenvalue weighted by molar-refractivity contribution is 0.122. The summed E-state index contributed by atoms with van der Waals surface area (Å²) >= 11 is 1.69. The van der Waals surface area contributed by atoms with Crippen LogP contribution in [0.3, 0.4) is 0 Å². The summed E-state index contributed by atoms with van der Waals surface area (Å²) in [5, 5.41) is 0. The van der Waals surface area contributed by atoms with Crippen LogP contribution in [0.15, 0.2) is 53.7 Å². The zero-order valence-corrected chi connectivity index (χ0v) is 22.4. The minimum Gasteiger partial charge on any atom is -0.378 e. The second-order valence-corrected chi connectivity index (χ2v) is 12.3. The van der Waals surface area contributed by atoms with Crippen LogP contribution in [-0.2, 0) is 21.3 Å². The number of aromatic nitrogens is 4. The molecule has 11 nitrogen and oxygen atoms in total. The lowest BCUT2D eigenvalue weighted by atomic mass is 10.3. The van der Waals surface area contributed by atoms with E-state index in [-0.39, 0.29) is 5.95 Å². The average Bonchev–Trinajstić information content (AvgIpc) is 3.36. The smallest absolute Gasteiger partial charge is 0.243 e. The summed E-state index contributed by atoms with van der Waals surface area (Å²) in [6.07, 6.45) is 3.28. The number of piperazine rings is 1. The van der Waals surface area contributed by atoms with Gasteiger partial charge >= 0.3 is 0 Å². The van der Waals surface area contributed by atoms with E-state index in [1.54, 1.807) is 52.3 Å². The van der Waals surface area contributed by atoms with Gasteiger partial charge in [0, 0.05) is 63.1 Å². The van der Waals surface area contributed by atoms with Gasteiger partial charge in [0.25, 0.3) is 0 Å². The molecule has 0 atom stereocenters. The normalized spacial score (nSPS) is 17.7. The fourth-order valence-electron chi connectivity index (χ4n) is 4.70. The highest BCUT2D eigenvalue weighted by Crippen LogP contribution is 2.35. The van der Waals surface area contributed by atoms with Crippen molar-refractivity contribution in [2.24, 2.45) is 0 Å². The molecule has 13 heteroatoms. The van der Waals surface area contributed by atoms with Crippen molar-refractivity contribution in [2.45, 2.75) is 11.4 Å². The second-order valence-electron chi connectivity index (χ2n) is 9.22. The van der Waals surface area contributed by atoms with E-state index < -0.39 is 10.0 Å². The number of rotatable bonds is 6. The number of anilines is 2. The molecule has 3 aromatic heterocycles. The van der Waals surface area contributed by atoms with Gasteiger partial charge in [-0.1, -0.05) is 18.2 Å². The third-order valence-corrected chi connectivity index (χ3v) is 9.75. The van der Waals surface area contributed by atoms with Gasteiger partial charge in [-0.2, -0.15) is 4.31 Å². The minimum atomic E-state index is -3.47. The Morgan fingerprint density at radius 2 is 1.66 bits per heavy atom. The molecule has 2 fully saturated rings. The first-order chi connectivity index (χ1) is 18.5. The predicted octanol–water partition coefficient (Wildman–Crippen LogP) is 2.07. The van der Waals surface area contributed by atoms with Gasteiger partial charge in [-0.3, -0.25) is 4.90 Å². The number of thiophene rings is 1. The van der Waals surface area contributed by atoms with Crippen molar-refractivity contribution in [1.82, 2.24) is 29.1 Å². The maximum absolute atomic E-state index is 13.0. The summed E-state index contributed by atoms with van der Waals surface area (Å²) in [5.41, 5.74) is 7.25. The minimum absolute atomic E-state index is 0.206. The highest BCUT2D eigenvalue weighted by molar-refractivity contribution is 7.89. The van der Waals surface area contributed by atoms with Crippen LogP contribution < -0.4 is 10.6 Å². The summed E-state index contributed by atoms with van der Waals surface area (Å²) < 4.78 is 34.1. The number of morpholine rings is 1. The van der Waals surface area contributed by atoms with Crippen LogP contribution in [0.5, 0.6) is 0 Å². The van der Waals surface area contributed by atoms with E-state index in [4.69, 9.17) is 20.4 Å². The van der Waals surface area contributed by atoms with E-state index in [9.17, 15) is 8.42 Å². The quantitative estimate of drug-likeness (QED) is 0.379. The molecule has 38 heavy (non-hydrogen) atoms. The van der Waals surface area contributed by atoms with E-state index in [0.29, 0.717) is 55.7 Å². The first-order valence-electron chi connectivity index (χ1n) is 12.5. The molecule has 0 unspecified atom stereocenters. The van der Waals surface area contributed by atoms with Crippen LogP contribution in [0.2, 0.25) is 0 Å². The Hall–Kier alpha value is -3.23. The standard InChI is InChI=1S/C25H28N8O3S2/c26-25-27-15-18(16-28-25)23-29-21-14-19(37-22(21)24(30-23)32-10-12-36-13-11-32)17-31-6-8-33(9-7-31)38(34,35)20-4-2-1-3-5-20/h1-5,14-16H,6-13,17H2,(H2,26,27,28). The third-order valence-electron chi connectivity index (χ3n) is 6.74. The topological polar surface area (TPSA) is 131 Å². The van der Waals surface area contributed by atoms with E-state index >= 15 is 0 Å². The number of sulfonamides is 1. The number of fused-ring (bicyclic) bond motifs is 1. The fourth-order valence-corrected chi connectivity index (χ4v) is 7.30. The Morgan fingerprint density at radius 1 is 0.947 bits per heavy atom. The molecule has 0 saturated carbocycles. The van der Waals surface area contributed by atoms with Gasteiger partial charge in [0.05, 0.1) is 33.9 Å². The van der Waals surface area contributed by atoms with Gasteiger partial charge in [-0.05, 0) is 18.2 Å². The molecule has 5 heterocycles. The molecular weight excluding hydrogens is 524 g/mol. The molecule has 0 radical (unpaired) electrons. The van der Waals surface area contributed by atoms with Crippen molar-refractivity contribution in [1.29, 1.82) is 0 Å². The molecule has 2 aliphatic heterocycles. The number of hydrogen-bond acceptors (Lipinski definition) is 11. The molecular formula is C25H28N8O3S2. The monoisotopic (exact) mass is 552 g/mol. The number of hydrogen-bond donors (Lipinski definition) is 1. The van der Waals surface area contributed by atoms with E-state index in [1.165, 1.54) is 0 Å². The molecule has 2 aliphatic rings.